The van der Waals surface area contributed by atoms with Crippen LogP contribution in [0.4, 0.5) is 4.79 Å². The largest absolute Gasteiger partial charge is 0.508 e. The highest BCUT2D eigenvalue weighted by molar-refractivity contribution is 8.76. The van der Waals surface area contributed by atoms with Crippen LogP contribution in [0.5, 0.6) is 5.75 Å². The molecule has 4 rings (SSSR count). The third-order valence-corrected chi connectivity index (χ3v) is 23.2. The zero-order valence-electron chi connectivity index (χ0n) is 66.8. The number of Topliss-reactive ketones (excluding diaryl/α,β-unsaturated/α-hetero) is 4. The number of amides is 6. The molecule has 6 amide bonds. The topological polar surface area (TPSA) is 407 Å². The molecule has 10 atom stereocenters. The number of benzene rings is 2. The van der Waals surface area contributed by atoms with Gasteiger partial charge < -0.3 is 50.4 Å². The molecule has 0 bridgehead atoms. The lowest BCUT2D eigenvalue weighted by Crippen LogP contribution is -2.59. The molecule has 112 heavy (non-hydrogen) atoms. The molecule has 622 valence electrons. The number of carboxylic acids is 2. The van der Waals surface area contributed by atoms with Crippen LogP contribution >= 0.6 is 32.9 Å². The van der Waals surface area contributed by atoms with Gasteiger partial charge in [-0.05, 0) is 132 Å². The van der Waals surface area contributed by atoms with Gasteiger partial charge in [0.25, 0.3) is 5.91 Å². The van der Waals surface area contributed by atoms with Gasteiger partial charge in [0.1, 0.15) is 46.4 Å². The molecule has 31 heteroatoms. The molecule has 2 aromatic carbocycles. The Morgan fingerprint density at radius 3 is 1.98 bits per heavy atom. The Labute approximate surface area is 670 Å². The predicted octanol–water partition coefficient (Wildman–Crippen LogP) is 11.4. The number of carbonyl (C=O) groups is 14. The van der Waals surface area contributed by atoms with Crippen molar-refractivity contribution < 1.29 is 96.7 Å². The number of aromatic hydroxyl groups is 1. The highest BCUT2D eigenvalue weighted by atomic mass is 33.1. The summed E-state index contributed by atoms with van der Waals surface area (Å²) in [6, 6.07) is 10.2. The maximum Gasteiger partial charge on any atom is 0.426 e. The number of hydrazine groups is 1. The summed E-state index contributed by atoms with van der Waals surface area (Å²) in [5, 5.41) is 38.7. The summed E-state index contributed by atoms with van der Waals surface area (Å²) in [5.41, 5.74) is 7.06. The van der Waals surface area contributed by atoms with Gasteiger partial charge in [0.05, 0.1) is 18.0 Å². The molecular formula is C81H120N8O20S3. The van der Waals surface area contributed by atoms with E-state index in [-0.39, 0.29) is 141 Å². The molecule has 1 unspecified atom stereocenters. The number of likely N-dealkylation sites (N-methyl/N-ethyl adjacent to an activating group) is 1. The molecule has 0 radical (unpaired) electrons. The van der Waals surface area contributed by atoms with Crippen LogP contribution in [0.3, 0.4) is 0 Å². The van der Waals surface area contributed by atoms with E-state index in [0.717, 1.165) is 73.1 Å². The number of aliphatic carboxylic acids is 2. The molecule has 1 fully saturated rings. The summed E-state index contributed by atoms with van der Waals surface area (Å²) in [4.78, 5) is 189. The van der Waals surface area contributed by atoms with E-state index < -0.39 is 114 Å². The highest BCUT2D eigenvalue weighted by Crippen LogP contribution is 2.33. The van der Waals surface area contributed by atoms with Crippen LogP contribution in [0.2, 0.25) is 0 Å². The molecule has 0 saturated carbocycles. The molecule has 1 aliphatic rings. The number of likely N-dealkylation sites (tertiary alicyclic amines) is 1. The number of piperidine rings is 1. The van der Waals surface area contributed by atoms with E-state index in [1.54, 1.807) is 32.9 Å². The summed E-state index contributed by atoms with van der Waals surface area (Å²) in [6.07, 6.45) is 8.32. The minimum absolute atomic E-state index is 0.00933. The number of aryl methyl sites for hydroxylation is 1. The van der Waals surface area contributed by atoms with E-state index in [2.05, 4.69) is 31.8 Å². The Hall–Kier alpha value is -8.29. The molecule has 1 saturated heterocycles. The maximum absolute atomic E-state index is 15.0. The second kappa shape index (κ2) is 52.2. The predicted molar refractivity (Wildman–Crippen MR) is 427 cm³/mol. The van der Waals surface area contributed by atoms with Gasteiger partial charge in [0.15, 0.2) is 18.6 Å². The number of esters is 2. The van der Waals surface area contributed by atoms with E-state index in [1.807, 2.05) is 70.8 Å². The average Bonchev–Trinajstić information content (AvgIpc) is 1.22. The Morgan fingerprint density at radius 2 is 1.34 bits per heavy atom. The average molecular weight is 1620 g/mol. The third-order valence-electron chi connectivity index (χ3n) is 19.8. The van der Waals surface area contributed by atoms with Crippen LogP contribution in [-0.2, 0) is 91.0 Å². The number of rotatable bonds is 55. The van der Waals surface area contributed by atoms with Gasteiger partial charge >= 0.3 is 30.0 Å². The number of unbranched alkanes of at least 4 members (excludes halogenated alkanes) is 4. The van der Waals surface area contributed by atoms with Crippen molar-refractivity contribution in [3.63, 3.8) is 0 Å². The second-order valence-corrected chi connectivity index (χ2v) is 33.3. The van der Waals surface area contributed by atoms with E-state index in [4.69, 9.17) is 19.3 Å². The quantitative estimate of drug-likeness (QED) is 0.00650. The monoisotopic (exact) mass is 1620 g/mol. The molecular weight excluding hydrogens is 1500 g/mol. The fourth-order valence-corrected chi connectivity index (χ4v) is 15.7. The van der Waals surface area contributed by atoms with Gasteiger partial charge in [-0.15, -0.1) is 11.3 Å². The van der Waals surface area contributed by atoms with Crippen LogP contribution in [-0.4, -0.2) is 181 Å². The number of nitrogens with zero attached hydrogens (tertiary/aromatic N) is 3. The number of phenols is 1. The number of phenolic OH excluding ortho intramolecular Hbond substituents is 1. The van der Waals surface area contributed by atoms with Crippen molar-refractivity contribution in [1.29, 1.82) is 0 Å². The Bertz CT molecular complexity index is 3540. The minimum atomic E-state index is -1.09. The molecule has 1 aromatic heterocycles. The Kier molecular flexibility index (Phi) is 44.8. The minimum Gasteiger partial charge on any atom is -0.508 e. The van der Waals surface area contributed by atoms with Crippen molar-refractivity contribution >= 4 is 116 Å². The van der Waals surface area contributed by atoms with E-state index in [1.165, 1.54) is 50.9 Å². The number of nitrogens with one attached hydrogen (secondary N) is 5. The standard InChI is InChI=1S/C81H120N8O20S3/c1-11-22-72(98)108-50-89(79(103)73(52(5)12-2)85-77(102)67-26-18-19-39-88(67)10)68(51(3)4)48-70(109-56(9)90)78-84-66(49-110-78)76(101)83-61(45-58-34-37-63(92)38-35-58)43-53(6)75(100)86-87-81(106)107-40-42-112-111-41-21-27-69(95)55(8)82-74(99)54(7)44-65(94)46-59-31-29-57(30-32-59)33-36-62(91)24-16-14-13-15-17-25-64(93)47-60(80(104)105)23-20-28-71(96)97/h29-32,34-35,37-38,49,51-55,60-61,67-68,70,73,92H,11-28,33,36,39-48,50H2,1-10H3,(H,82,99)(H,83,101)(H,85,102)(H,86,100)(H,87,106)(H,96,97)(H,104,105)/t52?,53-,54+,55-,60-,61+,67+,68+,70+,73-/m0/s1. The number of ketones is 4. The number of carbonyl (C=O) groups excluding carboxylic acids is 12. The van der Waals surface area contributed by atoms with Crippen LogP contribution in [0, 0.1) is 29.6 Å². The number of hydrogen-bond acceptors (Lipinski definition) is 23. The lowest BCUT2D eigenvalue weighted by Gasteiger charge is -2.39. The number of thiazole rings is 1. The Morgan fingerprint density at radius 1 is 0.679 bits per heavy atom. The first-order valence-electron chi connectivity index (χ1n) is 39.3. The number of ether oxygens (including phenoxy) is 3. The van der Waals surface area contributed by atoms with Gasteiger partial charge in [-0.25, -0.2) is 15.2 Å². The lowest BCUT2D eigenvalue weighted by molar-refractivity contribution is -0.160. The van der Waals surface area contributed by atoms with Crippen molar-refractivity contribution in [2.45, 2.75) is 266 Å². The summed E-state index contributed by atoms with van der Waals surface area (Å²) in [6.45, 7) is 15.7. The highest BCUT2D eigenvalue weighted by Gasteiger charge is 2.40. The molecule has 0 aliphatic carbocycles. The zero-order valence-corrected chi connectivity index (χ0v) is 69.3. The molecule has 8 N–H and O–H groups in total. The summed E-state index contributed by atoms with van der Waals surface area (Å²) < 4.78 is 16.9. The van der Waals surface area contributed by atoms with Crippen molar-refractivity contribution in [1.82, 2.24) is 41.6 Å². The smallest absolute Gasteiger partial charge is 0.426 e. The van der Waals surface area contributed by atoms with E-state index in [9.17, 15) is 72.5 Å². The van der Waals surface area contributed by atoms with Crippen molar-refractivity contribution in [2.24, 2.45) is 29.6 Å². The molecule has 3 aromatic rings. The first kappa shape index (κ1) is 96.1. The molecule has 2 heterocycles. The first-order valence-corrected chi connectivity index (χ1v) is 42.7. The zero-order chi connectivity index (χ0) is 82.8. The van der Waals surface area contributed by atoms with E-state index >= 15 is 4.79 Å². The number of hydrogen-bond donors (Lipinski definition) is 8. The van der Waals surface area contributed by atoms with Crippen molar-refractivity contribution in [3.8, 4) is 5.75 Å². The molecule has 28 nitrogen and oxygen atoms in total. The van der Waals surface area contributed by atoms with Gasteiger partial charge in [-0.2, -0.15) is 0 Å². The van der Waals surface area contributed by atoms with E-state index in [0.29, 0.717) is 62.9 Å². The fourth-order valence-electron chi connectivity index (χ4n) is 12.9. The SMILES string of the molecule is CCCC(=O)OCN(C(=O)[C@@H](NC(=O)[C@H]1CCCCN1C)C(C)CC)[C@H](C[C@@H](OC(C)=O)c1nc(C(=O)N[C@@H](Cc2ccc(O)cc2)C[C@H](C)C(=O)NNC(=O)OCCSSCCCC(=O)[C@H](C)NC(=O)[C@H](C)CC(=O)Cc2ccc(CCC(=O)CCCCCCCC(=O)C[C@H](CCCC(=O)O)C(=O)O)cc2)cs1)C(C)C. The maximum atomic E-state index is 15.0. The van der Waals surface area contributed by atoms with Gasteiger partial charge in [0.2, 0.25) is 23.6 Å². The second-order valence-electron chi connectivity index (χ2n) is 29.7. The fraction of sp³-hybridized carbons (Fsp3) is 0.642. The van der Waals surface area contributed by atoms with Crippen LogP contribution in [0.25, 0.3) is 0 Å². The number of carboxylic acid groups (broad SMARTS) is 2. The van der Waals surface area contributed by atoms with Crippen molar-refractivity contribution in [2.75, 3.05) is 38.4 Å². The summed E-state index contributed by atoms with van der Waals surface area (Å²) in [5.74, 6) is -7.91. The number of aromatic nitrogens is 1. The molecule has 0 spiro atoms. The molecule has 1 aliphatic heterocycles. The summed E-state index contributed by atoms with van der Waals surface area (Å²) in [7, 11) is 4.77. The normalized spacial score (nSPS) is 15.3. The van der Waals surface area contributed by atoms with Gasteiger partial charge in [-0.1, -0.05) is 139 Å². The Balaban J connectivity index is 1.17. The van der Waals surface area contributed by atoms with Gasteiger partial charge in [-0.3, -0.25) is 72.7 Å². The lowest BCUT2D eigenvalue weighted by atomic mass is 9.92. The van der Waals surface area contributed by atoms with Crippen LogP contribution in [0.1, 0.15) is 248 Å². The van der Waals surface area contributed by atoms with Crippen molar-refractivity contribution in [3.05, 3.63) is 81.3 Å². The summed E-state index contributed by atoms with van der Waals surface area (Å²) >= 11 is 1.06. The van der Waals surface area contributed by atoms with Crippen LogP contribution < -0.4 is 26.8 Å². The van der Waals surface area contributed by atoms with Gasteiger partial charge in [0, 0.05) is 112 Å². The third kappa shape index (κ3) is 37.1. The first-order chi connectivity index (χ1) is 53.3. The van der Waals surface area contributed by atoms with Crippen LogP contribution in [0.15, 0.2) is 53.9 Å².